The van der Waals surface area contributed by atoms with Gasteiger partial charge in [-0.1, -0.05) is 13.8 Å². The summed E-state index contributed by atoms with van der Waals surface area (Å²) in [7, 11) is 0. The summed E-state index contributed by atoms with van der Waals surface area (Å²) >= 11 is 0. The SMILES string of the molecule is CC(C)c1ccnc2c1CCO2. The zero-order valence-corrected chi connectivity index (χ0v) is 7.50. The summed E-state index contributed by atoms with van der Waals surface area (Å²) in [4.78, 5) is 4.18. The molecular weight excluding hydrogens is 150 g/mol. The Bertz CT molecular complexity index is 294. The van der Waals surface area contributed by atoms with E-state index in [0.717, 1.165) is 18.9 Å². The molecule has 2 heterocycles. The number of ether oxygens (including phenoxy) is 1. The molecule has 2 heteroatoms. The van der Waals surface area contributed by atoms with Crippen LogP contribution < -0.4 is 4.74 Å². The maximum Gasteiger partial charge on any atom is 0.216 e. The Kier molecular flexibility index (Phi) is 1.75. The van der Waals surface area contributed by atoms with Gasteiger partial charge in [-0.2, -0.15) is 0 Å². The molecule has 0 radical (unpaired) electrons. The van der Waals surface area contributed by atoms with Gasteiger partial charge in [-0.05, 0) is 17.5 Å². The number of pyridine rings is 1. The van der Waals surface area contributed by atoms with Crippen LogP contribution in [-0.2, 0) is 6.42 Å². The van der Waals surface area contributed by atoms with Crippen molar-refractivity contribution in [2.75, 3.05) is 6.61 Å². The summed E-state index contributed by atoms with van der Waals surface area (Å²) in [5, 5.41) is 0. The van der Waals surface area contributed by atoms with Crippen LogP contribution in [0.3, 0.4) is 0 Å². The second-order valence-electron chi connectivity index (χ2n) is 3.44. The van der Waals surface area contributed by atoms with Crippen molar-refractivity contribution in [1.29, 1.82) is 0 Å². The third-order valence-corrected chi connectivity index (χ3v) is 2.27. The number of aromatic nitrogens is 1. The maximum atomic E-state index is 5.38. The van der Waals surface area contributed by atoms with E-state index in [1.807, 2.05) is 6.20 Å². The van der Waals surface area contributed by atoms with Gasteiger partial charge in [0.1, 0.15) is 0 Å². The fraction of sp³-hybridized carbons (Fsp3) is 0.500. The van der Waals surface area contributed by atoms with E-state index in [0.29, 0.717) is 5.92 Å². The van der Waals surface area contributed by atoms with Crippen LogP contribution in [0, 0.1) is 0 Å². The highest BCUT2D eigenvalue weighted by molar-refractivity contribution is 5.38. The Morgan fingerprint density at radius 2 is 2.33 bits per heavy atom. The van der Waals surface area contributed by atoms with Crippen LogP contribution in [0.1, 0.15) is 30.9 Å². The second-order valence-corrected chi connectivity index (χ2v) is 3.44. The van der Waals surface area contributed by atoms with Gasteiger partial charge in [-0.3, -0.25) is 0 Å². The molecule has 1 aromatic heterocycles. The van der Waals surface area contributed by atoms with Crippen LogP contribution in [0.2, 0.25) is 0 Å². The second kappa shape index (κ2) is 2.77. The minimum Gasteiger partial charge on any atom is -0.477 e. The molecule has 0 atom stereocenters. The minimum atomic E-state index is 0.573. The van der Waals surface area contributed by atoms with Crippen molar-refractivity contribution in [3.63, 3.8) is 0 Å². The van der Waals surface area contributed by atoms with Gasteiger partial charge < -0.3 is 4.74 Å². The third kappa shape index (κ3) is 1.07. The highest BCUT2D eigenvalue weighted by Crippen LogP contribution is 2.29. The Labute approximate surface area is 72.6 Å². The lowest BCUT2D eigenvalue weighted by molar-refractivity contribution is 0.345. The van der Waals surface area contributed by atoms with Gasteiger partial charge in [0.25, 0.3) is 0 Å². The molecule has 12 heavy (non-hydrogen) atoms. The van der Waals surface area contributed by atoms with E-state index in [9.17, 15) is 0 Å². The smallest absolute Gasteiger partial charge is 0.216 e. The molecule has 1 aliphatic heterocycles. The summed E-state index contributed by atoms with van der Waals surface area (Å²) in [5.41, 5.74) is 2.70. The highest BCUT2D eigenvalue weighted by atomic mass is 16.5. The van der Waals surface area contributed by atoms with Crippen LogP contribution in [0.25, 0.3) is 0 Å². The molecule has 0 N–H and O–H groups in total. The topological polar surface area (TPSA) is 22.1 Å². The van der Waals surface area contributed by atoms with Crippen LogP contribution >= 0.6 is 0 Å². The molecule has 0 amide bonds. The summed E-state index contributed by atoms with van der Waals surface area (Å²) in [6.45, 7) is 5.20. The van der Waals surface area contributed by atoms with Gasteiger partial charge in [-0.15, -0.1) is 0 Å². The molecule has 0 saturated heterocycles. The molecule has 1 aromatic rings. The van der Waals surface area contributed by atoms with Crippen LogP contribution in [0.15, 0.2) is 12.3 Å². The number of fused-ring (bicyclic) bond motifs is 1. The zero-order valence-electron chi connectivity index (χ0n) is 7.50. The predicted octanol–water partition coefficient (Wildman–Crippen LogP) is 2.14. The lowest BCUT2D eigenvalue weighted by atomic mass is 9.98. The monoisotopic (exact) mass is 163 g/mol. The first kappa shape index (κ1) is 7.59. The Morgan fingerprint density at radius 1 is 1.50 bits per heavy atom. The van der Waals surface area contributed by atoms with E-state index < -0.39 is 0 Å². The average molecular weight is 163 g/mol. The molecular formula is C10H13NO. The van der Waals surface area contributed by atoms with Crippen molar-refractivity contribution < 1.29 is 4.74 Å². The van der Waals surface area contributed by atoms with Crippen molar-refractivity contribution in [2.45, 2.75) is 26.2 Å². The molecule has 1 aliphatic rings. The average Bonchev–Trinajstić information content (AvgIpc) is 2.49. The third-order valence-electron chi connectivity index (χ3n) is 2.27. The van der Waals surface area contributed by atoms with Crippen LogP contribution in [0.5, 0.6) is 5.88 Å². The quantitative estimate of drug-likeness (QED) is 0.632. The molecule has 2 nitrogen and oxygen atoms in total. The van der Waals surface area contributed by atoms with Crippen molar-refractivity contribution in [3.8, 4) is 5.88 Å². The van der Waals surface area contributed by atoms with E-state index in [-0.39, 0.29) is 0 Å². The predicted molar refractivity (Wildman–Crippen MR) is 47.5 cm³/mol. The van der Waals surface area contributed by atoms with E-state index in [1.165, 1.54) is 11.1 Å². The van der Waals surface area contributed by atoms with Crippen molar-refractivity contribution in [1.82, 2.24) is 4.98 Å². The standard InChI is InChI=1S/C10H13NO/c1-7(2)8-3-5-11-10-9(8)4-6-12-10/h3,5,7H,4,6H2,1-2H3. The number of hydrogen-bond donors (Lipinski definition) is 0. The van der Waals surface area contributed by atoms with Crippen molar-refractivity contribution in [2.24, 2.45) is 0 Å². The molecule has 0 bridgehead atoms. The number of rotatable bonds is 1. The minimum absolute atomic E-state index is 0.573. The molecule has 0 aromatic carbocycles. The molecule has 2 rings (SSSR count). The molecule has 0 aliphatic carbocycles. The Morgan fingerprint density at radius 3 is 3.08 bits per heavy atom. The maximum absolute atomic E-state index is 5.38. The number of nitrogens with zero attached hydrogens (tertiary/aromatic N) is 1. The first-order valence-electron chi connectivity index (χ1n) is 4.39. The van der Waals surface area contributed by atoms with Crippen LogP contribution in [0.4, 0.5) is 0 Å². The summed E-state index contributed by atoms with van der Waals surface area (Å²) < 4.78 is 5.38. The Hall–Kier alpha value is -1.05. The fourth-order valence-corrected chi connectivity index (χ4v) is 1.65. The largest absolute Gasteiger partial charge is 0.477 e. The van der Waals surface area contributed by atoms with Gasteiger partial charge in [0.05, 0.1) is 6.61 Å². The lowest BCUT2D eigenvalue weighted by Gasteiger charge is -2.08. The molecule has 0 saturated carbocycles. The molecule has 64 valence electrons. The highest BCUT2D eigenvalue weighted by Gasteiger charge is 2.18. The van der Waals surface area contributed by atoms with Gasteiger partial charge in [-0.25, -0.2) is 4.98 Å². The first-order chi connectivity index (χ1) is 5.79. The van der Waals surface area contributed by atoms with Crippen LogP contribution in [-0.4, -0.2) is 11.6 Å². The van der Waals surface area contributed by atoms with E-state index in [1.54, 1.807) is 0 Å². The van der Waals surface area contributed by atoms with Crippen molar-refractivity contribution >= 4 is 0 Å². The molecule has 0 unspecified atom stereocenters. The molecule has 0 fully saturated rings. The number of hydrogen-bond acceptors (Lipinski definition) is 2. The van der Waals surface area contributed by atoms with Gasteiger partial charge >= 0.3 is 0 Å². The lowest BCUT2D eigenvalue weighted by Crippen LogP contribution is -1.94. The van der Waals surface area contributed by atoms with E-state index in [4.69, 9.17) is 4.74 Å². The zero-order chi connectivity index (χ0) is 8.55. The summed E-state index contributed by atoms with van der Waals surface area (Å²) in [6, 6.07) is 2.10. The summed E-state index contributed by atoms with van der Waals surface area (Å²) in [5.74, 6) is 1.42. The van der Waals surface area contributed by atoms with Gasteiger partial charge in [0.15, 0.2) is 0 Å². The Balaban J connectivity index is 2.49. The van der Waals surface area contributed by atoms with Crippen molar-refractivity contribution in [3.05, 3.63) is 23.4 Å². The normalized spacial score (nSPS) is 14.6. The fourth-order valence-electron chi connectivity index (χ4n) is 1.65. The van der Waals surface area contributed by atoms with Gasteiger partial charge in [0.2, 0.25) is 5.88 Å². The molecule has 0 spiro atoms. The van der Waals surface area contributed by atoms with Gasteiger partial charge in [0, 0.05) is 18.2 Å². The first-order valence-corrected chi connectivity index (χ1v) is 4.39. The summed E-state index contributed by atoms with van der Waals surface area (Å²) in [6.07, 6.45) is 2.86. The van der Waals surface area contributed by atoms with E-state index in [2.05, 4.69) is 24.9 Å². The van der Waals surface area contributed by atoms with E-state index >= 15 is 0 Å².